The summed E-state index contributed by atoms with van der Waals surface area (Å²) in [6.45, 7) is 0. The van der Waals surface area contributed by atoms with Gasteiger partial charge in [-0.05, 0) is 19.3 Å². The van der Waals surface area contributed by atoms with Crippen LogP contribution in [0.1, 0.15) is 25.7 Å². The van der Waals surface area contributed by atoms with Crippen molar-refractivity contribution in [1.29, 1.82) is 0 Å². The predicted octanol–water partition coefficient (Wildman–Crippen LogP) is 2.09. The Kier molecular flexibility index (Phi) is 2.95. The monoisotopic (exact) mass is 183 g/mol. The Morgan fingerprint density at radius 3 is 2.42 bits per heavy atom. The van der Waals surface area contributed by atoms with Gasteiger partial charge in [0, 0.05) is 6.04 Å². The van der Waals surface area contributed by atoms with E-state index in [2.05, 4.69) is 0 Å². The van der Waals surface area contributed by atoms with Gasteiger partial charge in [-0.25, -0.2) is 5.48 Å². The minimum atomic E-state index is -4.10. The van der Waals surface area contributed by atoms with Gasteiger partial charge >= 0.3 is 6.18 Å². The zero-order valence-electron chi connectivity index (χ0n) is 6.56. The lowest BCUT2D eigenvalue weighted by atomic mass is 9.86. The van der Waals surface area contributed by atoms with Crippen molar-refractivity contribution in [3.05, 3.63) is 0 Å². The molecule has 1 aliphatic rings. The molecule has 0 aromatic rings. The highest BCUT2D eigenvalue weighted by Gasteiger charge is 2.41. The molecule has 0 bridgehead atoms. The summed E-state index contributed by atoms with van der Waals surface area (Å²) in [6, 6.07) is -0.384. The lowest BCUT2D eigenvalue weighted by molar-refractivity contribution is -0.185. The van der Waals surface area contributed by atoms with Gasteiger partial charge in [0.2, 0.25) is 0 Å². The molecule has 0 aromatic carbocycles. The van der Waals surface area contributed by atoms with E-state index >= 15 is 0 Å². The topological polar surface area (TPSA) is 32.3 Å². The predicted molar refractivity (Wildman–Crippen MR) is 36.7 cm³/mol. The molecule has 1 aliphatic carbocycles. The van der Waals surface area contributed by atoms with Crippen LogP contribution in [0.25, 0.3) is 0 Å². The van der Waals surface area contributed by atoms with Crippen LogP contribution in [0.5, 0.6) is 0 Å². The first-order valence-corrected chi connectivity index (χ1v) is 4.00. The molecule has 1 fully saturated rings. The van der Waals surface area contributed by atoms with Crippen LogP contribution in [0, 0.1) is 5.92 Å². The zero-order valence-corrected chi connectivity index (χ0v) is 6.56. The first kappa shape index (κ1) is 9.80. The van der Waals surface area contributed by atoms with Crippen molar-refractivity contribution in [3.63, 3.8) is 0 Å². The van der Waals surface area contributed by atoms with Gasteiger partial charge in [-0.1, -0.05) is 6.42 Å². The molecule has 2 N–H and O–H groups in total. The molecule has 2 unspecified atom stereocenters. The molecule has 0 amide bonds. The molecule has 5 heteroatoms. The summed E-state index contributed by atoms with van der Waals surface area (Å²) in [5.74, 6) is -1.24. The number of hydrogen-bond donors (Lipinski definition) is 2. The SMILES string of the molecule is ONC1CCCC(C(F)(F)F)C1. The Labute approximate surface area is 68.7 Å². The van der Waals surface area contributed by atoms with Crippen LogP contribution in [-0.4, -0.2) is 17.4 Å². The second kappa shape index (κ2) is 3.62. The Balaban J connectivity index is 2.46. The maximum absolute atomic E-state index is 12.1. The van der Waals surface area contributed by atoms with Crippen molar-refractivity contribution in [3.8, 4) is 0 Å². The van der Waals surface area contributed by atoms with Crippen molar-refractivity contribution in [2.24, 2.45) is 5.92 Å². The Bertz CT molecular complexity index is 148. The van der Waals surface area contributed by atoms with Gasteiger partial charge in [0.15, 0.2) is 0 Å². The van der Waals surface area contributed by atoms with E-state index in [1.807, 2.05) is 5.48 Å². The maximum atomic E-state index is 12.1. The minimum absolute atomic E-state index is 0. The molecule has 2 atom stereocenters. The van der Waals surface area contributed by atoms with Gasteiger partial charge in [-0.15, -0.1) is 0 Å². The van der Waals surface area contributed by atoms with E-state index in [9.17, 15) is 13.2 Å². The molecule has 0 radical (unpaired) electrons. The van der Waals surface area contributed by atoms with Crippen LogP contribution in [0.4, 0.5) is 13.2 Å². The fourth-order valence-corrected chi connectivity index (χ4v) is 1.60. The van der Waals surface area contributed by atoms with E-state index in [0.717, 1.165) is 0 Å². The average Bonchev–Trinajstić information content (AvgIpc) is 2.03. The van der Waals surface area contributed by atoms with Crippen molar-refractivity contribution < 1.29 is 18.4 Å². The molecule has 1 rings (SSSR count). The molecule has 0 aromatic heterocycles. The number of hydroxylamine groups is 1. The molecule has 2 nitrogen and oxygen atoms in total. The summed E-state index contributed by atoms with van der Waals surface area (Å²) in [7, 11) is 0. The van der Waals surface area contributed by atoms with Gasteiger partial charge in [0.05, 0.1) is 5.92 Å². The second-order valence-corrected chi connectivity index (χ2v) is 3.23. The van der Waals surface area contributed by atoms with Crippen molar-refractivity contribution in [2.45, 2.75) is 37.9 Å². The Morgan fingerprint density at radius 2 is 1.92 bits per heavy atom. The Hall–Kier alpha value is -0.290. The summed E-state index contributed by atoms with van der Waals surface area (Å²) in [4.78, 5) is 0. The lowest BCUT2D eigenvalue weighted by Crippen LogP contribution is -2.37. The van der Waals surface area contributed by atoms with E-state index in [-0.39, 0.29) is 18.9 Å². The standard InChI is InChI=1S/C7H12F3NO/c8-7(9,10)5-2-1-3-6(4-5)11-12/h5-6,11-12H,1-4H2. The second-order valence-electron chi connectivity index (χ2n) is 3.23. The average molecular weight is 183 g/mol. The fraction of sp³-hybridized carbons (Fsp3) is 1.00. The van der Waals surface area contributed by atoms with E-state index in [1.54, 1.807) is 0 Å². The molecule has 0 aliphatic heterocycles. The fourth-order valence-electron chi connectivity index (χ4n) is 1.60. The molecular weight excluding hydrogens is 171 g/mol. The van der Waals surface area contributed by atoms with Crippen LogP contribution in [0.3, 0.4) is 0 Å². The van der Waals surface area contributed by atoms with E-state index in [4.69, 9.17) is 5.21 Å². The summed E-state index contributed by atoms with van der Waals surface area (Å²) in [5.41, 5.74) is 1.91. The number of halogens is 3. The first-order valence-electron chi connectivity index (χ1n) is 4.00. The van der Waals surface area contributed by atoms with Gasteiger partial charge < -0.3 is 5.21 Å². The molecule has 12 heavy (non-hydrogen) atoms. The maximum Gasteiger partial charge on any atom is 0.391 e. The van der Waals surface area contributed by atoms with E-state index in [0.29, 0.717) is 12.8 Å². The van der Waals surface area contributed by atoms with Gasteiger partial charge in [-0.2, -0.15) is 13.2 Å². The quantitative estimate of drug-likeness (QED) is 0.610. The number of hydrogen-bond acceptors (Lipinski definition) is 2. The number of rotatable bonds is 1. The smallest absolute Gasteiger partial charge is 0.317 e. The van der Waals surface area contributed by atoms with Crippen molar-refractivity contribution in [1.82, 2.24) is 5.48 Å². The molecule has 1 saturated carbocycles. The van der Waals surface area contributed by atoms with Gasteiger partial charge in [0.25, 0.3) is 0 Å². The molecular formula is C7H12F3NO. The Morgan fingerprint density at radius 1 is 1.25 bits per heavy atom. The van der Waals surface area contributed by atoms with Crippen LogP contribution in [0.15, 0.2) is 0 Å². The van der Waals surface area contributed by atoms with Crippen molar-refractivity contribution in [2.75, 3.05) is 0 Å². The largest absolute Gasteiger partial charge is 0.391 e. The van der Waals surface area contributed by atoms with Crippen LogP contribution in [-0.2, 0) is 0 Å². The normalized spacial score (nSPS) is 32.0. The van der Waals surface area contributed by atoms with E-state index < -0.39 is 12.1 Å². The molecule has 0 spiro atoms. The summed E-state index contributed by atoms with van der Waals surface area (Å²) in [5, 5.41) is 8.46. The molecule has 0 saturated heterocycles. The summed E-state index contributed by atoms with van der Waals surface area (Å²) >= 11 is 0. The molecule has 72 valence electrons. The highest BCUT2D eigenvalue weighted by molar-refractivity contribution is 4.79. The van der Waals surface area contributed by atoms with Crippen LogP contribution < -0.4 is 5.48 Å². The van der Waals surface area contributed by atoms with Crippen LogP contribution in [0.2, 0.25) is 0 Å². The third-order valence-corrected chi connectivity index (χ3v) is 2.32. The third kappa shape index (κ3) is 2.35. The van der Waals surface area contributed by atoms with Crippen LogP contribution >= 0.6 is 0 Å². The minimum Gasteiger partial charge on any atom is -0.317 e. The highest BCUT2D eigenvalue weighted by atomic mass is 19.4. The van der Waals surface area contributed by atoms with Crippen molar-refractivity contribution >= 4 is 0 Å². The first-order chi connectivity index (χ1) is 5.54. The number of alkyl halides is 3. The summed E-state index contributed by atoms with van der Waals surface area (Å²) in [6.07, 6.45) is -2.75. The van der Waals surface area contributed by atoms with Gasteiger partial charge in [-0.3, -0.25) is 0 Å². The lowest BCUT2D eigenvalue weighted by Gasteiger charge is -2.29. The summed E-state index contributed by atoms with van der Waals surface area (Å²) < 4.78 is 36.4. The highest BCUT2D eigenvalue weighted by Crippen LogP contribution is 2.37. The number of nitrogens with one attached hydrogen (secondary N) is 1. The molecule has 0 heterocycles. The zero-order chi connectivity index (χ0) is 9.19. The van der Waals surface area contributed by atoms with Gasteiger partial charge in [0.1, 0.15) is 0 Å². The van der Waals surface area contributed by atoms with E-state index in [1.165, 1.54) is 0 Å². The third-order valence-electron chi connectivity index (χ3n) is 2.32.